The van der Waals surface area contributed by atoms with Gasteiger partial charge in [-0.2, -0.15) is 0 Å². The Hall–Kier alpha value is -1.02. The Kier molecular flexibility index (Phi) is 6.22. The number of nitrogens with one attached hydrogen (secondary N) is 1. The Labute approximate surface area is 117 Å². The van der Waals surface area contributed by atoms with Gasteiger partial charge in [0, 0.05) is 18.8 Å². The highest BCUT2D eigenvalue weighted by molar-refractivity contribution is 5.42. The van der Waals surface area contributed by atoms with Gasteiger partial charge in [-0.05, 0) is 37.3 Å². The number of hydrogen-bond acceptors (Lipinski definition) is 2. The monoisotopic (exact) mass is 261 g/mol. The molecule has 0 saturated heterocycles. The molecule has 1 aromatic rings. The smallest absolute Gasteiger partial charge is 0.0577 e. The quantitative estimate of drug-likeness (QED) is 0.731. The fourth-order valence-electron chi connectivity index (χ4n) is 2.87. The van der Waals surface area contributed by atoms with Crippen LogP contribution < -0.4 is 5.32 Å². The maximum Gasteiger partial charge on any atom is 0.0577 e. The zero-order valence-electron chi connectivity index (χ0n) is 12.1. The Morgan fingerprint density at radius 3 is 2.84 bits per heavy atom. The molecular weight excluding hydrogens is 234 g/mol. The molecule has 0 radical (unpaired) electrons. The molecule has 1 N–H and O–H groups in total. The minimum absolute atomic E-state index is 0.524. The largest absolute Gasteiger partial charge is 0.385 e. The predicted octanol–water partition coefficient (Wildman–Crippen LogP) is 4.47. The van der Waals surface area contributed by atoms with Crippen LogP contribution in [0.4, 0.5) is 5.69 Å². The summed E-state index contributed by atoms with van der Waals surface area (Å²) in [7, 11) is 0. The molecule has 0 heterocycles. The molecule has 2 unspecified atom stereocenters. The molecule has 1 saturated carbocycles. The van der Waals surface area contributed by atoms with Crippen molar-refractivity contribution in [1.29, 1.82) is 0 Å². The van der Waals surface area contributed by atoms with Gasteiger partial charge in [-0.25, -0.2) is 0 Å². The van der Waals surface area contributed by atoms with Gasteiger partial charge in [0.2, 0.25) is 0 Å². The van der Waals surface area contributed by atoms with Crippen molar-refractivity contribution in [2.45, 2.75) is 51.6 Å². The van der Waals surface area contributed by atoms with E-state index in [2.05, 4.69) is 36.5 Å². The molecule has 0 bridgehead atoms. The lowest BCUT2D eigenvalue weighted by molar-refractivity contribution is 0.0125. The summed E-state index contributed by atoms with van der Waals surface area (Å²) in [5.41, 5.74) is 1.20. The van der Waals surface area contributed by atoms with Gasteiger partial charge in [0.1, 0.15) is 0 Å². The zero-order chi connectivity index (χ0) is 13.3. The van der Waals surface area contributed by atoms with E-state index in [4.69, 9.17) is 4.74 Å². The highest BCUT2D eigenvalue weighted by Crippen LogP contribution is 2.28. The van der Waals surface area contributed by atoms with E-state index in [9.17, 15) is 0 Å². The van der Waals surface area contributed by atoms with E-state index >= 15 is 0 Å². The first kappa shape index (κ1) is 14.4. The van der Waals surface area contributed by atoms with Crippen LogP contribution in [0.3, 0.4) is 0 Å². The number of ether oxygens (including phenoxy) is 1. The summed E-state index contributed by atoms with van der Waals surface area (Å²) < 4.78 is 6.01. The number of benzene rings is 1. The summed E-state index contributed by atoms with van der Waals surface area (Å²) >= 11 is 0. The molecule has 0 amide bonds. The van der Waals surface area contributed by atoms with E-state index in [-0.39, 0.29) is 0 Å². The molecule has 2 rings (SSSR count). The molecule has 2 atom stereocenters. The second-order valence-electron chi connectivity index (χ2n) is 5.58. The van der Waals surface area contributed by atoms with Crippen molar-refractivity contribution >= 4 is 5.69 Å². The molecule has 1 aliphatic rings. The molecule has 0 aliphatic heterocycles. The Balaban J connectivity index is 1.54. The number of hydrogen-bond donors (Lipinski definition) is 1. The van der Waals surface area contributed by atoms with E-state index in [0.717, 1.165) is 25.5 Å². The van der Waals surface area contributed by atoms with Gasteiger partial charge in [-0.1, -0.05) is 44.4 Å². The normalized spacial score (nSPS) is 23.2. The predicted molar refractivity (Wildman–Crippen MR) is 81.5 cm³/mol. The van der Waals surface area contributed by atoms with Gasteiger partial charge in [-0.15, -0.1) is 0 Å². The lowest BCUT2D eigenvalue weighted by Crippen LogP contribution is -2.23. The molecule has 0 aromatic heterocycles. The SMILES string of the molecule is CCC1CCCC(OCCCNc2ccccc2)C1. The van der Waals surface area contributed by atoms with E-state index in [1.165, 1.54) is 37.8 Å². The molecule has 2 heteroatoms. The van der Waals surface area contributed by atoms with Gasteiger partial charge in [-0.3, -0.25) is 0 Å². The lowest BCUT2D eigenvalue weighted by atomic mass is 9.85. The maximum atomic E-state index is 6.01. The van der Waals surface area contributed by atoms with Crippen LogP contribution in [0.2, 0.25) is 0 Å². The summed E-state index contributed by atoms with van der Waals surface area (Å²) in [5.74, 6) is 0.904. The average Bonchev–Trinajstić information content (AvgIpc) is 2.48. The first-order valence-corrected chi connectivity index (χ1v) is 7.79. The summed E-state index contributed by atoms with van der Waals surface area (Å²) in [6.45, 7) is 4.19. The van der Waals surface area contributed by atoms with Crippen LogP contribution in [0, 0.1) is 5.92 Å². The highest BCUT2D eigenvalue weighted by atomic mass is 16.5. The van der Waals surface area contributed by atoms with Crippen molar-refractivity contribution in [3.8, 4) is 0 Å². The fraction of sp³-hybridized carbons (Fsp3) is 0.647. The van der Waals surface area contributed by atoms with E-state index in [0.29, 0.717) is 6.10 Å². The molecule has 1 aromatic carbocycles. The molecule has 1 fully saturated rings. The average molecular weight is 261 g/mol. The van der Waals surface area contributed by atoms with Crippen LogP contribution in [0.15, 0.2) is 30.3 Å². The second-order valence-corrected chi connectivity index (χ2v) is 5.58. The molecule has 19 heavy (non-hydrogen) atoms. The zero-order valence-corrected chi connectivity index (χ0v) is 12.1. The minimum Gasteiger partial charge on any atom is -0.385 e. The van der Waals surface area contributed by atoms with Crippen LogP contribution >= 0.6 is 0 Å². The molecule has 1 aliphatic carbocycles. The van der Waals surface area contributed by atoms with Gasteiger partial charge < -0.3 is 10.1 Å². The van der Waals surface area contributed by atoms with Crippen LogP contribution in [0.1, 0.15) is 45.4 Å². The molecule has 0 spiro atoms. The summed E-state index contributed by atoms with van der Waals surface area (Å²) in [6, 6.07) is 10.4. The summed E-state index contributed by atoms with van der Waals surface area (Å²) in [5, 5.41) is 3.42. The third-order valence-corrected chi connectivity index (χ3v) is 4.09. The summed E-state index contributed by atoms with van der Waals surface area (Å²) in [4.78, 5) is 0. The van der Waals surface area contributed by atoms with Crippen molar-refractivity contribution in [2.24, 2.45) is 5.92 Å². The van der Waals surface area contributed by atoms with Crippen LogP contribution in [-0.2, 0) is 4.74 Å². The standard InChI is InChI=1S/C17H27NO/c1-2-15-8-6-11-17(14-15)19-13-7-12-18-16-9-4-3-5-10-16/h3-5,9-10,15,17-18H,2,6-8,11-14H2,1H3. The lowest BCUT2D eigenvalue weighted by Gasteiger charge is -2.28. The fourth-order valence-corrected chi connectivity index (χ4v) is 2.87. The highest BCUT2D eigenvalue weighted by Gasteiger charge is 2.20. The Bertz CT molecular complexity index is 338. The first-order chi connectivity index (χ1) is 9.38. The first-order valence-electron chi connectivity index (χ1n) is 7.79. The number of rotatable bonds is 7. The third-order valence-electron chi connectivity index (χ3n) is 4.09. The van der Waals surface area contributed by atoms with Crippen molar-refractivity contribution < 1.29 is 4.74 Å². The third kappa shape index (κ3) is 5.23. The minimum atomic E-state index is 0.524. The second kappa shape index (κ2) is 8.21. The van der Waals surface area contributed by atoms with Crippen LogP contribution in [0.5, 0.6) is 0 Å². The van der Waals surface area contributed by atoms with Crippen molar-refractivity contribution in [2.75, 3.05) is 18.5 Å². The van der Waals surface area contributed by atoms with E-state index in [1.807, 2.05) is 6.07 Å². The number of anilines is 1. The maximum absolute atomic E-state index is 6.01. The Morgan fingerprint density at radius 1 is 1.21 bits per heavy atom. The van der Waals surface area contributed by atoms with Crippen molar-refractivity contribution in [3.05, 3.63) is 30.3 Å². The molecule has 106 valence electrons. The molecule has 2 nitrogen and oxygen atoms in total. The Morgan fingerprint density at radius 2 is 2.05 bits per heavy atom. The van der Waals surface area contributed by atoms with E-state index in [1.54, 1.807) is 0 Å². The van der Waals surface area contributed by atoms with Gasteiger partial charge >= 0.3 is 0 Å². The van der Waals surface area contributed by atoms with Gasteiger partial charge in [0.25, 0.3) is 0 Å². The van der Waals surface area contributed by atoms with E-state index < -0.39 is 0 Å². The van der Waals surface area contributed by atoms with Gasteiger partial charge in [0.15, 0.2) is 0 Å². The number of para-hydroxylation sites is 1. The van der Waals surface area contributed by atoms with Gasteiger partial charge in [0.05, 0.1) is 6.10 Å². The topological polar surface area (TPSA) is 21.3 Å². The molecular formula is C17H27NO. The van der Waals surface area contributed by atoms with Crippen LogP contribution in [-0.4, -0.2) is 19.3 Å². The summed E-state index contributed by atoms with van der Waals surface area (Å²) in [6.07, 6.45) is 8.23. The van der Waals surface area contributed by atoms with Crippen molar-refractivity contribution in [1.82, 2.24) is 0 Å². The van der Waals surface area contributed by atoms with Crippen LogP contribution in [0.25, 0.3) is 0 Å². The van der Waals surface area contributed by atoms with Crippen molar-refractivity contribution in [3.63, 3.8) is 0 Å².